The summed E-state index contributed by atoms with van der Waals surface area (Å²) in [6.07, 6.45) is 4.85. The molecule has 2 amide bonds. The van der Waals surface area contributed by atoms with E-state index in [1.807, 2.05) is 0 Å². The van der Waals surface area contributed by atoms with Gasteiger partial charge >= 0.3 is 12.0 Å². The smallest absolute Gasteiger partial charge is 0.326 e. The SMILES string of the molecule is CN1CCCCC1CNC(=O)N1CCCC1C(=O)O. The molecule has 19 heavy (non-hydrogen) atoms. The zero-order chi connectivity index (χ0) is 13.8. The number of hydrogen-bond acceptors (Lipinski definition) is 3. The molecule has 6 nitrogen and oxygen atoms in total. The van der Waals surface area contributed by atoms with Gasteiger partial charge in [0.2, 0.25) is 0 Å². The molecule has 108 valence electrons. The first-order valence-electron chi connectivity index (χ1n) is 7.07. The van der Waals surface area contributed by atoms with Crippen LogP contribution in [-0.4, -0.2) is 65.7 Å². The Morgan fingerprint density at radius 3 is 2.68 bits per heavy atom. The van der Waals surface area contributed by atoms with Crippen LogP contribution >= 0.6 is 0 Å². The van der Waals surface area contributed by atoms with Crippen LogP contribution in [0.3, 0.4) is 0 Å². The number of carboxylic acid groups (broad SMARTS) is 1. The average Bonchev–Trinajstić information content (AvgIpc) is 2.87. The molecule has 0 radical (unpaired) electrons. The Kier molecular flexibility index (Phi) is 4.63. The number of piperidine rings is 1. The predicted octanol–water partition coefficient (Wildman–Crippen LogP) is 0.729. The third-order valence-electron chi connectivity index (χ3n) is 4.21. The summed E-state index contributed by atoms with van der Waals surface area (Å²) in [7, 11) is 2.08. The van der Waals surface area contributed by atoms with Gasteiger partial charge in [-0.05, 0) is 39.3 Å². The monoisotopic (exact) mass is 269 g/mol. The van der Waals surface area contributed by atoms with E-state index in [9.17, 15) is 9.59 Å². The Bertz CT molecular complexity index is 348. The van der Waals surface area contributed by atoms with Crippen molar-refractivity contribution in [3.8, 4) is 0 Å². The highest BCUT2D eigenvalue weighted by atomic mass is 16.4. The molecule has 6 heteroatoms. The first kappa shape index (κ1) is 14.1. The number of carboxylic acids is 1. The summed E-state index contributed by atoms with van der Waals surface area (Å²) in [6, 6.07) is -0.503. The molecule has 2 rings (SSSR count). The summed E-state index contributed by atoms with van der Waals surface area (Å²) in [5, 5.41) is 12.0. The van der Waals surface area contributed by atoms with Crippen LogP contribution in [0.15, 0.2) is 0 Å². The summed E-state index contributed by atoms with van der Waals surface area (Å²) in [6.45, 7) is 2.23. The predicted molar refractivity (Wildman–Crippen MR) is 71.0 cm³/mol. The second-order valence-corrected chi connectivity index (χ2v) is 5.51. The lowest BCUT2D eigenvalue weighted by Gasteiger charge is -2.33. The van der Waals surface area contributed by atoms with Gasteiger partial charge in [0.1, 0.15) is 6.04 Å². The van der Waals surface area contributed by atoms with Crippen LogP contribution in [0.1, 0.15) is 32.1 Å². The third kappa shape index (κ3) is 3.37. The summed E-state index contributed by atoms with van der Waals surface area (Å²) in [5.41, 5.74) is 0. The van der Waals surface area contributed by atoms with E-state index in [1.165, 1.54) is 17.7 Å². The minimum Gasteiger partial charge on any atom is -0.480 e. The number of aliphatic carboxylic acids is 1. The van der Waals surface area contributed by atoms with Gasteiger partial charge in [0.25, 0.3) is 0 Å². The van der Waals surface area contributed by atoms with E-state index < -0.39 is 12.0 Å². The lowest BCUT2D eigenvalue weighted by Crippen LogP contribution is -2.50. The van der Waals surface area contributed by atoms with E-state index in [1.54, 1.807) is 0 Å². The van der Waals surface area contributed by atoms with E-state index in [4.69, 9.17) is 5.11 Å². The first-order valence-corrected chi connectivity index (χ1v) is 7.07. The van der Waals surface area contributed by atoms with Crippen LogP contribution in [0.2, 0.25) is 0 Å². The van der Waals surface area contributed by atoms with Crippen LogP contribution in [0, 0.1) is 0 Å². The van der Waals surface area contributed by atoms with Gasteiger partial charge in [0.05, 0.1) is 0 Å². The van der Waals surface area contributed by atoms with Crippen LogP contribution < -0.4 is 5.32 Å². The molecule has 2 N–H and O–H groups in total. The second-order valence-electron chi connectivity index (χ2n) is 5.51. The Hall–Kier alpha value is -1.30. The van der Waals surface area contributed by atoms with E-state index in [2.05, 4.69) is 17.3 Å². The van der Waals surface area contributed by atoms with Gasteiger partial charge in [0.15, 0.2) is 0 Å². The summed E-state index contributed by atoms with van der Waals surface area (Å²) >= 11 is 0. The van der Waals surface area contributed by atoms with Gasteiger partial charge in [-0.25, -0.2) is 9.59 Å². The number of nitrogens with one attached hydrogen (secondary N) is 1. The molecule has 2 aliphatic heterocycles. The summed E-state index contributed by atoms with van der Waals surface area (Å²) < 4.78 is 0. The Balaban J connectivity index is 1.82. The lowest BCUT2D eigenvalue weighted by molar-refractivity contribution is -0.141. The second kappa shape index (κ2) is 6.23. The van der Waals surface area contributed by atoms with Crippen molar-refractivity contribution in [1.82, 2.24) is 15.1 Å². The molecule has 0 aromatic rings. The van der Waals surface area contributed by atoms with Crippen molar-refractivity contribution in [1.29, 1.82) is 0 Å². The molecule has 2 saturated heterocycles. The zero-order valence-corrected chi connectivity index (χ0v) is 11.5. The van der Waals surface area contributed by atoms with Crippen molar-refractivity contribution >= 4 is 12.0 Å². The molecule has 2 aliphatic rings. The number of likely N-dealkylation sites (tertiary alicyclic amines) is 2. The quantitative estimate of drug-likeness (QED) is 0.792. The number of hydrogen-bond donors (Lipinski definition) is 2. The molecule has 0 spiro atoms. The highest BCUT2D eigenvalue weighted by Gasteiger charge is 2.34. The molecule has 0 aromatic carbocycles. The number of urea groups is 1. The standard InChI is InChI=1S/C13H23N3O3/c1-15-7-3-2-5-10(15)9-14-13(19)16-8-4-6-11(16)12(17)18/h10-11H,2-9H2,1H3,(H,14,19)(H,17,18). The Morgan fingerprint density at radius 1 is 1.21 bits per heavy atom. The molecular weight excluding hydrogens is 246 g/mol. The van der Waals surface area contributed by atoms with Crippen molar-refractivity contribution in [3.05, 3.63) is 0 Å². The highest BCUT2D eigenvalue weighted by Crippen LogP contribution is 2.18. The summed E-state index contributed by atoms with van der Waals surface area (Å²) in [5.74, 6) is -0.901. The number of carbonyl (C=O) groups excluding carboxylic acids is 1. The van der Waals surface area contributed by atoms with Gasteiger partial charge in [0, 0.05) is 19.1 Å². The maximum absolute atomic E-state index is 12.0. The molecular formula is C13H23N3O3. The van der Waals surface area contributed by atoms with Gasteiger partial charge in [-0.15, -0.1) is 0 Å². The van der Waals surface area contributed by atoms with E-state index in [-0.39, 0.29) is 6.03 Å². The number of rotatable bonds is 3. The van der Waals surface area contributed by atoms with Crippen LogP contribution in [0.5, 0.6) is 0 Å². The van der Waals surface area contributed by atoms with Crippen LogP contribution in [-0.2, 0) is 4.79 Å². The fourth-order valence-corrected chi connectivity index (χ4v) is 2.98. The zero-order valence-electron chi connectivity index (χ0n) is 11.5. The number of likely N-dealkylation sites (N-methyl/N-ethyl adjacent to an activating group) is 1. The number of amides is 2. The molecule has 2 heterocycles. The molecule has 2 fully saturated rings. The normalized spacial score (nSPS) is 28.4. The van der Waals surface area contributed by atoms with Gasteiger partial charge in [-0.2, -0.15) is 0 Å². The average molecular weight is 269 g/mol. The fraction of sp³-hybridized carbons (Fsp3) is 0.846. The first-order chi connectivity index (χ1) is 9.09. The molecule has 0 bridgehead atoms. The van der Waals surface area contributed by atoms with Crippen molar-refractivity contribution in [2.45, 2.75) is 44.2 Å². The van der Waals surface area contributed by atoms with Crippen molar-refractivity contribution in [2.24, 2.45) is 0 Å². The van der Waals surface area contributed by atoms with Gasteiger partial charge in [-0.3, -0.25) is 0 Å². The fourth-order valence-electron chi connectivity index (χ4n) is 2.98. The third-order valence-corrected chi connectivity index (χ3v) is 4.21. The number of carbonyl (C=O) groups is 2. The van der Waals surface area contributed by atoms with E-state index >= 15 is 0 Å². The number of nitrogens with zero attached hydrogens (tertiary/aromatic N) is 2. The van der Waals surface area contributed by atoms with Gasteiger partial charge in [-0.1, -0.05) is 6.42 Å². The van der Waals surface area contributed by atoms with E-state index in [0.29, 0.717) is 25.6 Å². The molecule has 2 unspecified atom stereocenters. The summed E-state index contributed by atoms with van der Waals surface area (Å²) in [4.78, 5) is 26.8. The minimum absolute atomic E-state index is 0.233. The molecule has 0 aromatic heterocycles. The van der Waals surface area contributed by atoms with Crippen molar-refractivity contribution < 1.29 is 14.7 Å². The van der Waals surface area contributed by atoms with Crippen molar-refractivity contribution in [2.75, 3.05) is 26.7 Å². The maximum atomic E-state index is 12.0. The Labute approximate surface area is 113 Å². The Morgan fingerprint density at radius 2 is 2.00 bits per heavy atom. The molecule has 2 atom stereocenters. The van der Waals surface area contributed by atoms with Gasteiger partial charge < -0.3 is 20.2 Å². The van der Waals surface area contributed by atoms with Crippen LogP contribution in [0.4, 0.5) is 4.79 Å². The highest BCUT2D eigenvalue weighted by molar-refractivity contribution is 5.83. The van der Waals surface area contributed by atoms with Crippen LogP contribution in [0.25, 0.3) is 0 Å². The molecule has 0 saturated carbocycles. The molecule has 0 aliphatic carbocycles. The topological polar surface area (TPSA) is 72.9 Å². The van der Waals surface area contributed by atoms with E-state index in [0.717, 1.165) is 19.4 Å². The lowest BCUT2D eigenvalue weighted by atomic mass is 10.0. The largest absolute Gasteiger partial charge is 0.480 e. The maximum Gasteiger partial charge on any atom is 0.326 e. The van der Waals surface area contributed by atoms with Crippen molar-refractivity contribution in [3.63, 3.8) is 0 Å². The minimum atomic E-state index is -0.901.